The molecule has 1 spiro atoms. The topological polar surface area (TPSA) is 72.8 Å². The summed E-state index contributed by atoms with van der Waals surface area (Å²) in [7, 11) is 1.36. The first kappa shape index (κ1) is 18.2. The largest absolute Gasteiger partial charge is 0.466 e. The Hall–Kier alpha value is -1.20. The van der Waals surface area contributed by atoms with Gasteiger partial charge in [0.05, 0.1) is 18.6 Å². The summed E-state index contributed by atoms with van der Waals surface area (Å²) < 4.78 is 11.6. The number of carbonyl (C=O) groups is 2. The molecule has 2 saturated carbocycles. The van der Waals surface area contributed by atoms with Gasteiger partial charge >= 0.3 is 5.97 Å². The van der Waals surface area contributed by atoms with E-state index in [-0.39, 0.29) is 23.5 Å². The Kier molecular flexibility index (Phi) is 3.79. The van der Waals surface area contributed by atoms with Gasteiger partial charge in [-0.25, -0.2) is 4.79 Å². The van der Waals surface area contributed by atoms with Gasteiger partial charge in [0.2, 0.25) is 0 Å². The van der Waals surface area contributed by atoms with Crippen LogP contribution in [0.3, 0.4) is 0 Å². The predicted octanol–water partition coefficient (Wildman–Crippen LogP) is 2.86. The molecular formula is C21H30O5. The minimum Gasteiger partial charge on any atom is -0.466 e. The quantitative estimate of drug-likeness (QED) is 0.765. The van der Waals surface area contributed by atoms with E-state index < -0.39 is 28.7 Å². The van der Waals surface area contributed by atoms with Crippen LogP contribution in [0, 0.1) is 35.0 Å². The molecule has 3 aliphatic carbocycles. The fourth-order valence-corrected chi connectivity index (χ4v) is 6.70. The molecule has 144 valence electrons. The Morgan fingerprint density at radius 3 is 2.69 bits per heavy atom. The molecule has 5 aliphatic rings. The zero-order chi connectivity index (χ0) is 19.1. The summed E-state index contributed by atoms with van der Waals surface area (Å²) >= 11 is 0. The second-order valence-electron chi connectivity index (χ2n) is 9.53. The lowest BCUT2D eigenvalue weighted by Gasteiger charge is -2.70. The molecule has 1 unspecified atom stereocenters. The highest BCUT2D eigenvalue weighted by molar-refractivity contribution is 5.95. The van der Waals surface area contributed by atoms with Crippen LogP contribution in [0.25, 0.3) is 0 Å². The van der Waals surface area contributed by atoms with Gasteiger partial charge in [-0.15, -0.1) is 0 Å². The number of esters is 1. The first-order chi connectivity index (χ1) is 12.1. The maximum atomic E-state index is 13.4. The standard InChI is InChI=1S/C21H30O5/c1-11(2)14-8-16(22)19(4)15-7-6-12(3)9-20(15)10-13(18(23)25-5)17(19)21(14,24)26-20/h10-12,14-15,17,24H,6-9H2,1-5H3/t12-,14+,15+,17-,19-,20+,21?/m1/s1. The van der Waals surface area contributed by atoms with Crippen LogP contribution in [0.5, 0.6) is 0 Å². The van der Waals surface area contributed by atoms with Crippen molar-refractivity contribution in [3.63, 3.8) is 0 Å². The molecule has 2 heterocycles. The normalized spacial score (nSPS) is 49.7. The maximum absolute atomic E-state index is 13.4. The Morgan fingerprint density at radius 2 is 2.08 bits per heavy atom. The third-order valence-electron chi connectivity index (χ3n) is 7.77. The van der Waals surface area contributed by atoms with Crippen molar-refractivity contribution in [2.45, 2.75) is 64.8 Å². The van der Waals surface area contributed by atoms with Crippen LogP contribution in [-0.4, -0.2) is 35.4 Å². The van der Waals surface area contributed by atoms with Crippen LogP contribution in [-0.2, 0) is 19.1 Å². The summed E-state index contributed by atoms with van der Waals surface area (Å²) in [6.45, 7) is 8.13. The molecule has 0 amide bonds. The van der Waals surface area contributed by atoms with E-state index >= 15 is 0 Å². The van der Waals surface area contributed by atoms with Crippen LogP contribution >= 0.6 is 0 Å². The van der Waals surface area contributed by atoms with E-state index in [1.165, 1.54) is 7.11 Å². The predicted molar refractivity (Wildman–Crippen MR) is 94.9 cm³/mol. The van der Waals surface area contributed by atoms with Crippen LogP contribution in [0.4, 0.5) is 0 Å². The van der Waals surface area contributed by atoms with Gasteiger partial charge in [-0.05, 0) is 30.8 Å². The van der Waals surface area contributed by atoms with Gasteiger partial charge in [0.25, 0.3) is 0 Å². The van der Waals surface area contributed by atoms with Crippen molar-refractivity contribution in [3.8, 4) is 0 Å². The molecule has 0 radical (unpaired) electrons. The number of ketones is 1. The second-order valence-corrected chi connectivity index (χ2v) is 9.53. The van der Waals surface area contributed by atoms with Gasteiger partial charge in [-0.2, -0.15) is 0 Å². The summed E-state index contributed by atoms with van der Waals surface area (Å²) in [6, 6.07) is 0. The highest BCUT2D eigenvalue weighted by Gasteiger charge is 2.76. The zero-order valence-electron chi connectivity index (χ0n) is 16.4. The van der Waals surface area contributed by atoms with E-state index in [9.17, 15) is 14.7 Å². The molecule has 4 bridgehead atoms. The average Bonchev–Trinajstić information content (AvgIpc) is 2.55. The number of rotatable bonds is 2. The minimum absolute atomic E-state index is 0.00509. The Balaban J connectivity index is 1.97. The van der Waals surface area contributed by atoms with Crippen LogP contribution in [0.1, 0.15) is 53.4 Å². The smallest absolute Gasteiger partial charge is 0.334 e. The number of aliphatic hydroxyl groups is 1. The van der Waals surface area contributed by atoms with Crippen molar-refractivity contribution in [1.29, 1.82) is 0 Å². The van der Waals surface area contributed by atoms with Crippen molar-refractivity contribution in [2.24, 2.45) is 35.0 Å². The molecule has 2 aliphatic heterocycles. The molecular weight excluding hydrogens is 332 g/mol. The lowest BCUT2D eigenvalue weighted by atomic mass is 9.42. The third-order valence-corrected chi connectivity index (χ3v) is 7.77. The SMILES string of the molecule is COC(=O)C1=C[C@@]23C[C@H](C)CC[C@H]2[C@]2(C)C(=O)C[C@@H](C(C)C)C(O)(O3)[C@H]12. The zero-order valence-corrected chi connectivity index (χ0v) is 16.4. The molecule has 1 N–H and O–H groups in total. The van der Waals surface area contributed by atoms with Crippen molar-refractivity contribution in [3.05, 3.63) is 11.6 Å². The number of hydrogen-bond donors (Lipinski definition) is 1. The average molecular weight is 362 g/mol. The van der Waals surface area contributed by atoms with E-state index in [0.29, 0.717) is 17.9 Å². The number of ether oxygens (including phenoxy) is 2. The van der Waals surface area contributed by atoms with E-state index in [1.807, 2.05) is 26.8 Å². The van der Waals surface area contributed by atoms with Crippen LogP contribution in [0.15, 0.2) is 11.6 Å². The molecule has 7 atom stereocenters. The van der Waals surface area contributed by atoms with Crippen molar-refractivity contribution in [2.75, 3.05) is 7.11 Å². The summed E-state index contributed by atoms with van der Waals surface area (Å²) in [5.41, 5.74) is -1.10. The number of methoxy groups -OCH3 is 1. The highest BCUT2D eigenvalue weighted by atomic mass is 16.6. The van der Waals surface area contributed by atoms with Crippen molar-refractivity contribution >= 4 is 11.8 Å². The molecule has 0 aromatic heterocycles. The van der Waals surface area contributed by atoms with Crippen LogP contribution in [0.2, 0.25) is 0 Å². The third kappa shape index (κ3) is 1.99. The monoisotopic (exact) mass is 362 g/mol. The first-order valence-electron chi connectivity index (χ1n) is 9.87. The van der Waals surface area contributed by atoms with Gasteiger partial charge in [0, 0.05) is 29.2 Å². The molecule has 5 heteroatoms. The summed E-state index contributed by atoms with van der Waals surface area (Å²) in [4.78, 5) is 26.1. The Bertz CT molecular complexity index is 697. The highest BCUT2D eigenvalue weighted by Crippen LogP contribution is 2.69. The Morgan fingerprint density at radius 1 is 1.38 bits per heavy atom. The molecule has 26 heavy (non-hydrogen) atoms. The Labute approximate surface area is 155 Å². The van der Waals surface area contributed by atoms with Crippen molar-refractivity contribution < 1.29 is 24.2 Å². The lowest BCUT2D eigenvalue weighted by Crippen LogP contribution is -2.77. The minimum atomic E-state index is -1.50. The summed E-state index contributed by atoms with van der Waals surface area (Å²) in [6.07, 6.45) is 4.85. The lowest BCUT2D eigenvalue weighted by molar-refractivity contribution is -0.391. The molecule has 0 aromatic carbocycles. The van der Waals surface area contributed by atoms with Gasteiger partial charge in [-0.3, -0.25) is 4.79 Å². The molecule has 5 nitrogen and oxygen atoms in total. The van der Waals surface area contributed by atoms with E-state index in [1.54, 1.807) is 0 Å². The summed E-state index contributed by atoms with van der Waals surface area (Å²) in [5.74, 6) is -2.27. The van der Waals surface area contributed by atoms with Gasteiger partial charge in [-0.1, -0.05) is 34.1 Å². The van der Waals surface area contributed by atoms with Crippen LogP contribution < -0.4 is 0 Å². The fourth-order valence-electron chi connectivity index (χ4n) is 6.70. The molecule has 1 saturated heterocycles. The van der Waals surface area contributed by atoms with Gasteiger partial charge in [0.1, 0.15) is 5.78 Å². The fraction of sp³-hybridized carbons (Fsp3) is 0.810. The van der Waals surface area contributed by atoms with E-state index in [4.69, 9.17) is 9.47 Å². The first-order valence-corrected chi connectivity index (χ1v) is 9.87. The maximum Gasteiger partial charge on any atom is 0.334 e. The van der Waals surface area contributed by atoms with Gasteiger partial charge in [0.15, 0.2) is 5.79 Å². The number of hydrogen-bond acceptors (Lipinski definition) is 5. The second kappa shape index (κ2) is 5.41. The summed E-state index contributed by atoms with van der Waals surface area (Å²) in [5, 5.41) is 11.8. The van der Waals surface area contributed by atoms with E-state index in [2.05, 4.69) is 6.92 Å². The molecule has 0 aromatic rings. The molecule has 3 fully saturated rings. The van der Waals surface area contributed by atoms with Gasteiger partial charge < -0.3 is 14.6 Å². The molecule has 5 rings (SSSR count). The number of carbonyl (C=O) groups excluding carboxylic acids is 2. The van der Waals surface area contributed by atoms with E-state index in [0.717, 1.165) is 19.3 Å². The van der Waals surface area contributed by atoms with Crippen molar-refractivity contribution in [1.82, 2.24) is 0 Å². The number of Topliss-reactive ketones (excluding diaryl/α,β-unsaturated/α-hetero) is 1.